The number of aromatic hydroxyl groups is 2. The van der Waals surface area contributed by atoms with E-state index in [0.717, 1.165) is 15.6 Å². The first-order valence-corrected chi connectivity index (χ1v) is 6.96. The molecule has 3 N–H and O–H groups in total. The number of benzene rings is 1. The van der Waals surface area contributed by atoms with Crippen molar-refractivity contribution in [2.75, 3.05) is 0 Å². The van der Waals surface area contributed by atoms with E-state index in [0.29, 0.717) is 0 Å². The van der Waals surface area contributed by atoms with E-state index in [2.05, 4.69) is 10.3 Å². The van der Waals surface area contributed by atoms with Crippen molar-refractivity contribution in [3.63, 3.8) is 0 Å². The van der Waals surface area contributed by atoms with Gasteiger partial charge in [0.1, 0.15) is 11.5 Å². The van der Waals surface area contributed by atoms with Crippen molar-refractivity contribution in [3.8, 4) is 11.5 Å². The van der Waals surface area contributed by atoms with Gasteiger partial charge in [0, 0.05) is 16.5 Å². The molecule has 2 aromatic rings. The number of phenols is 2. The quantitative estimate of drug-likeness (QED) is 0.812. The minimum atomic E-state index is -0.353. The van der Waals surface area contributed by atoms with E-state index in [4.69, 9.17) is 0 Å². The number of amides is 1. The van der Waals surface area contributed by atoms with Gasteiger partial charge in [0.05, 0.1) is 16.7 Å². The Morgan fingerprint density at radius 1 is 1.25 bits per heavy atom. The largest absolute Gasteiger partial charge is 0.508 e. The summed E-state index contributed by atoms with van der Waals surface area (Å²) in [6.07, 6.45) is 0. The Balaban J connectivity index is 2.17. The van der Waals surface area contributed by atoms with Crippen LogP contribution in [0.25, 0.3) is 0 Å². The zero-order chi connectivity index (χ0) is 14.9. The van der Waals surface area contributed by atoms with E-state index in [1.807, 2.05) is 20.8 Å². The van der Waals surface area contributed by atoms with Crippen LogP contribution in [0.15, 0.2) is 18.2 Å². The molecule has 0 spiro atoms. The molecule has 1 aromatic carbocycles. The third kappa shape index (κ3) is 3.08. The summed E-state index contributed by atoms with van der Waals surface area (Å²) in [5.74, 6) is -0.644. The van der Waals surface area contributed by atoms with Gasteiger partial charge in [0.15, 0.2) is 0 Å². The second-order valence-corrected chi connectivity index (χ2v) is 5.85. The summed E-state index contributed by atoms with van der Waals surface area (Å²) in [7, 11) is 0. The van der Waals surface area contributed by atoms with E-state index in [9.17, 15) is 15.0 Å². The monoisotopic (exact) mass is 292 g/mol. The number of carbonyl (C=O) groups is 1. The highest BCUT2D eigenvalue weighted by Crippen LogP contribution is 2.25. The summed E-state index contributed by atoms with van der Waals surface area (Å²) >= 11 is 1.54. The first-order valence-electron chi connectivity index (χ1n) is 6.14. The van der Waals surface area contributed by atoms with E-state index in [-0.39, 0.29) is 29.0 Å². The number of phenolic OH excluding ortho intramolecular Hbond substituents is 2. The first-order chi connectivity index (χ1) is 9.36. The van der Waals surface area contributed by atoms with Crippen LogP contribution < -0.4 is 5.32 Å². The molecule has 0 aliphatic carbocycles. The normalized spacial score (nSPS) is 12.2. The molecule has 5 nitrogen and oxygen atoms in total. The van der Waals surface area contributed by atoms with Crippen molar-refractivity contribution in [1.29, 1.82) is 0 Å². The molecule has 0 saturated heterocycles. The topological polar surface area (TPSA) is 82.5 Å². The van der Waals surface area contributed by atoms with Crippen molar-refractivity contribution in [3.05, 3.63) is 39.3 Å². The van der Waals surface area contributed by atoms with Crippen LogP contribution in [0.1, 0.15) is 38.9 Å². The standard InChI is InChI=1S/C14H16N2O3S/c1-7-13(20-9(3)15-7)8(2)16-14(19)10-4-11(17)6-12(18)5-10/h4-6,8,17-18H,1-3H3,(H,16,19). The third-order valence-electron chi connectivity index (χ3n) is 2.85. The van der Waals surface area contributed by atoms with Crippen LogP contribution in [-0.2, 0) is 0 Å². The molecule has 1 aromatic heterocycles. The zero-order valence-corrected chi connectivity index (χ0v) is 12.3. The molecule has 106 valence electrons. The molecule has 1 unspecified atom stereocenters. The Morgan fingerprint density at radius 3 is 2.35 bits per heavy atom. The smallest absolute Gasteiger partial charge is 0.252 e. The number of nitrogens with zero attached hydrogens (tertiary/aromatic N) is 1. The lowest BCUT2D eigenvalue weighted by atomic mass is 10.1. The Labute approximate surface area is 120 Å². The molecule has 0 aliphatic rings. The maximum atomic E-state index is 12.1. The summed E-state index contributed by atoms with van der Waals surface area (Å²) in [4.78, 5) is 17.4. The summed E-state index contributed by atoms with van der Waals surface area (Å²) in [5, 5.41) is 22.6. The van der Waals surface area contributed by atoms with Crippen LogP contribution in [0.3, 0.4) is 0 Å². The maximum absolute atomic E-state index is 12.1. The van der Waals surface area contributed by atoms with Gasteiger partial charge < -0.3 is 15.5 Å². The second-order valence-electron chi connectivity index (χ2n) is 4.62. The fourth-order valence-electron chi connectivity index (χ4n) is 2.02. The molecule has 1 amide bonds. The number of aromatic nitrogens is 1. The van der Waals surface area contributed by atoms with Gasteiger partial charge in [-0.3, -0.25) is 4.79 Å². The number of hydrogen-bond donors (Lipinski definition) is 3. The highest BCUT2D eigenvalue weighted by atomic mass is 32.1. The first kappa shape index (κ1) is 14.3. The van der Waals surface area contributed by atoms with E-state index in [1.165, 1.54) is 18.2 Å². The SMILES string of the molecule is Cc1nc(C)c(C(C)NC(=O)c2cc(O)cc(O)c2)s1. The third-order valence-corrected chi connectivity index (χ3v) is 4.10. The summed E-state index contributed by atoms with van der Waals surface area (Å²) in [6.45, 7) is 5.70. The molecule has 0 radical (unpaired) electrons. The number of rotatable bonds is 3. The van der Waals surface area contributed by atoms with Crippen LogP contribution in [0.4, 0.5) is 0 Å². The van der Waals surface area contributed by atoms with Gasteiger partial charge >= 0.3 is 0 Å². The molecular formula is C14H16N2O3S. The van der Waals surface area contributed by atoms with Gasteiger partial charge in [0.2, 0.25) is 0 Å². The van der Waals surface area contributed by atoms with Crippen molar-refractivity contribution < 1.29 is 15.0 Å². The summed E-state index contributed by atoms with van der Waals surface area (Å²) in [5.41, 5.74) is 1.12. The number of thiazole rings is 1. The van der Waals surface area contributed by atoms with Crippen LogP contribution in [-0.4, -0.2) is 21.1 Å². The highest BCUT2D eigenvalue weighted by Gasteiger charge is 2.17. The van der Waals surface area contributed by atoms with Crippen LogP contribution in [0.5, 0.6) is 11.5 Å². The average Bonchev–Trinajstić information content (AvgIpc) is 2.67. The lowest BCUT2D eigenvalue weighted by Crippen LogP contribution is -2.26. The Morgan fingerprint density at radius 2 is 1.85 bits per heavy atom. The number of aryl methyl sites for hydroxylation is 2. The Hall–Kier alpha value is -2.08. The maximum Gasteiger partial charge on any atom is 0.252 e. The van der Waals surface area contributed by atoms with Crippen molar-refractivity contribution in [2.24, 2.45) is 0 Å². The second kappa shape index (κ2) is 5.50. The van der Waals surface area contributed by atoms with Gasteiger partial charge in [-0.25, -0.2) is 4.98 Å². The van der Waals surface area contributed by atoms with E-state index < -0.39 is 0 Å². The summed E-state index contributed by atoms with van der Waals surface area (Å²) < 4.78 is 0. The van der Waals surface area contributed by atoms with E-state index in [1.54, 1.807) is 11.3 Å². The van der Waals surface area contributed by atoms with Gasteiger partial charge in [-0.1, -0.05) is 0 Å². The van der Waals surface area contributed by atoms with Crippen LogP contribution >= 0.6 is 11.3 Å². The minimum Gasteiger partial charge on any atom is -0.508 e. The molecule has 1 heterocycles. The van der Waals surface area contributed by atoms with E-state index >= 15 is 0 Å². The van der Waals surface area contributed by atoms with Crippen LogP contribution in [0, 0.1) is 13.8 Å². The predicted octanol–water partition coefficient (Wildman–Crippen LogP) is 2.66. The lowest BCUT2D eigenvalue weighted by molar-refractivity contribution is 0.0939. The molecule has 20 heavy (non-hydrogen) atoms. The van der Waals surface area contributed by atoms with Crippen molar-refractivity contribution in [2.45, 2.75) is 26.8 Å². The van der Waals surface area contributed by atoms with Gasteiger partial charge in [-0.2, -0.15) is 0 Å². The van der Waals surface area contributed by atoms with Crippen LogP contribution in [0.2, 0.25) is 0 Å². The number of hydrogen-bond acceptors (Lipinski definition) is 5. The van der Waals surface area contributed by atoms with Gasteiger partial charge in [-0.05, 0) is 32.9 Å². The number of carbonyl (C=O) groups excluding carboxylic acids is 1. The molecule has 0 saturated carbocycles. The Kier molecular flexibility index (Phi) is 3.94. The lowest BCUT2D eigenvalue weighted by Gasteiger charge is -2.13. The highest BCUT2D eigenvalue weighted by molar-refractivity contribution is 7.11. The van der Waals surface area contributed by atoms with Gasteiger partial charge in [0.25, 0.3) is 5.91 Å². The van der Waals surface area contributed by atoms with Gasteiger partial charge in [-0.15, -0.1) is 11.3 Å². The molecule has 2 rings (SSSR count). The molecule has 0 fully saturated rings. The fourth-order valence-corrected chi connectivity index (χ4v) is 2.95. The number of nitrogens with one attached hydrogen (secondary N) is 1. The zero-order valence-electron chi connectivity index (χ0n) is 11.5. The molecular weight excluding hydrogens is 276 g/mol. The molecule has 1 atom stereocenters. The molecule has 0 aliphatic heterocycles. The predicted molar refractivity (Wildman–Crippen MR) is 77.2 cm³/mol. The van der Waals surface area contributed by atoms with Crippen molar-refractivity contribution in [1.82, 2.24) is 10.3 Å². The average molecular weight is 292 g/mol. The molecule has 6 heteroatoms. The van der Waals surface area contributed by atoms with Crippen molar-refractivity contribution >= 4 is 17.2 Å². The molecule has 0 bridgehead atoms. The minimum absolute atomic E-state index is 0.146. The fraction of sp³-hybridized carbons (Fsp3) is 0.286. The summed E-state index contributed by atoms with van der Waals surface area (Å²) in [6, 6.07) is 3.62. The Bertz CT molecular complexity index is 632.